The summed E-state index contributed by atoms with van der Waals surface area (Å²) in [5, 5.41) is 12.4. The van der Waals surface area contributed by atoms with Gasteiger partial charge in [0.2, 0.25) is 0 Å². The van der Waals surface area contributed by atoms with Crippen molar-refractivity contribution in [2.75, 3.05) is 6.54 Å². The Hall–Kier alpha value is -0.500. The van der Waals surface area contributed by atoms with Crippen LogP contribution in [-0.4, -0.2) is 17.3 Å². The number of hydrogen-bond acceptors (Lipinski definition) is 2. The third kappa shape index (κ3) is 5.63. The number of rotatable bonds is 3. The molecule has 0 aliphatic rings. The molecule has 0 fully saturated rings. The van der Waals surface area contributed by atoms with Crippen molar-refractivity contribution in [3.63, 3.8) is 0 Å². The van der Waals surface area contributed by atoms with Gasteiger partial charge in [0, 0.05) is 12.2 Å². The molecule has 0 heterocycles. The van der Waals surface area contributed by atoms with E-state index < -0.39 is 5.60 Å². The molecule has 0 amide bonds. The summed E-state index contributed by atoms with van der Waals surface area (Å²) in [6.45, 7) is 8.10. The van der Waals surface area contributed by atoms with Crippen LogP contribution in [0.15, 0.2) is 11.8 Å². The highest BCUT2D eigenvalue weighted by molar-refractivity contribution is 4.93. The molecule has 0 bridgehead atoms. The lowest BCUT2D eigenvalue weighted by Gasteiger charge is -2.18. The van der Waals surface area contributed by atoms with Gasteiger partial charge in [-0.1, -0.05) is 6.08 Å². The van der Waals surface area contributed by atoms with E-state index in [0.717, 1.165) is 5.70 Å². The summed E-state index contributed by atoms with van der Waals surface area (Å²) in [6.07, 6.45) is 1.98. The third-order valence-electron chi connectivity index (χ3n) is 1.23. The monoisotopic (exact) mass is 143 g/mol. The Balaban J connectivity index is 3.56. The molecule has 0 rings (SSSR count). The van der Waals surface area contributed by atoms with Crippen LogP contribution in [-0.2, 0) is 0 Å². The molecule has 0 aromatic carbocycles. The maximum absolute atomic E-state index is 9.27. The zero-order chi connectivity index (χ0) is 8.20. The molecule has 60 valence electrons. The van der Waals surface area contributed by atoms with Gasteiger partial charge in [-0.25, -0.2) is 0 Å². The summed E-state index contributed by atoms with van der Waals surface area (Å²) in [4.78, 5) is 0. The van der Waals surface area contributed by atoms with Crippen molar-refractivity contribution >= 4 is 0 Å². The lowest BCUT2D eigenvalue weighted by atomic mass is 10.1. The predicted octanol–water partition coefficient (Wildman–Crippen LogP) is 1.27. The molecule has 0 saturated heterocycles. The summed E-state index contributed by atoms with van der Waals surface area (Å²) < 4.78 is 0. The van der Waals surface area contributed by atoms with Gasteiger partial charge in [0.25, 0.3) is 0 Å². The summed E-state index contributed by atoms with van der Waals surface area (Å²) in [5.74, 6) is 0. The smallest absolute Gasteiger partial charge is 0.0763 e. The number of allylic oxidation sites excluding steroid dienone is 2. The fourth-order valence-electron chi connectivity index (χ4n) is 0.458. The Morgan fingerprint density at radius 2 is 2.10 bits per heavy atom. The Labute approximate surface area is 62.9 Å². The molecule has 2 N–H and O–H groups in total. The van der Waals surface area contributed by atoms with Crippen molar-refractivity contribution in [3.05, 3.63) is 11.8 Å². The van der Waals surface area contributed by atoms with Crippen molar-refractivity contribution in [3.8, 4) is 0 Å². The zero-order valence-electron chi connectivity index (χ0n) is 7.23. The predicted molar refractivity (Wildman–Crippen MR) is 43.7 cm³/mol. The van der Waals surface area contributed by atoms with E-state index in [1.807, 2.05) is 19.9 Å². The first-order valence-electron chi connectivity index (χ1n) is 3.55. The summed E-state index contributed by atoms with van der Waals surface area (Å²) in [7, 11) is 0. The van der Waals surface area contributed by atoms with Gasteiger partial charge in [-0.15, -0.1) is 0 Å². The number of aliphatic hydroxyl groups is 1. The van der Waals surface area contributed by atoms with Crippen molar-refractivity contribution in [1.82, 2.24) is 5.32 Å². The largest absolute Gasteiger partial charge is 0.389 e. The second kappa shape index (κ2) is 3.62. The van der Waals surface area contributed by atoms with E-state index in [9.17, 15) is 5.11 Å². The molecule has 0 saturated carbocycles. The van der Waals surface area contributed by atoms with Gasteiger partial charge in [0.05, 0.1) is 5.60 Å². The van der Waals surface area contributed by atoms with Crippen molar-refractivity contribution in [2.45, 2.75) is 33.3 Å². The first kappa shape index (κ1) is 9.50. The number of nitrogens with one attached hydrogen (secondary N) is 1. The molecule has 2 heteroatoms. The molecular formula is C8H17NO. The highest BCUT2D eigenvalue weighted by Gasteiger charge is 2.10. The van der Waals surface area contributed by atoms with Crippen LogP contribution in [0.2, 0.25) is 0 Å². The van der Waals surface area contributed by atoms with Gasteiger partial charge in [-0.2, -0.15) is 0 Å². The highest BCUT2D eigenvalue weighted by Crippen LogP contribution is 1.98. The van der Waals surface area contributed by atoms with Crippen LogP contribution in [0.4, 0.5) is 0 Å². The van der Waals surface area contributed by atoms with Gasteiger partial charge in [0.15, 0.2) is 0 Å². The van der Waals surface area contributed by atoms with Crippen molar-refractivity contribution in [1.29, 1.82) is 0 Å². The Morgan fingerprint density at radius 3 is 2.40 bits per heavy atom. The standard InChI is InChI=1S/C8H17NO/c1-5-7(2)9-6-8(3,4)10/h5,9-10H,6H2,1-4H3/b7-5-. The average Bonchev–Trinajstić information content (AvgIpc) is 1.81. The fraction of sp³-hybridized carbons (Fsp3) is 0.750. The zero-order valence-corrected chi connectivity index (χ0v) is 7.23. The molecule has 0 aromatic rings. The van der Waals surface area contributed by atoms with Gasteiger partial charge in [-0.05, 0) is 27.7 Å². The van der Waals surface area contributed by atoms with E-state index in [0.29, 0.717) is 6.54 Å². The lowest BCUT2D eigenvalue weighted by Crippen LogP contribution is -2.33. The first-order valence-corrected chi connectivity index (χ1v) is 3.55. The van der Waals surface area contributed by atoms with Gasteiger partial charge in [0.1, 0.15) is 0 Å². The molecule has 0 aromatic heterocycles. The first-order chi connectivity index (χ1) is 4.45. The van der Waals surface area contributed by atoms with E-state index >= 15 is 0 Å². The minimum absolute atomic E-state index is 0.600. The minimum Gasteiger partial charge on any atom is -0.389 e. The Bertz CT molecular complexity index is 122. The fourth-order valence-corrected chi connectivity index (χ4v) is 0.458. The van der Waals surface area contributed by atoms with Crippen LogP contribution in [0.1, 0.15) is 27.7 Å². The topological polar surface area (TPSA) is 32.3 Å². The van der Waals surface area contributed by atoms with Gasteiger partial charge >= 0.3 is 0 Å². The molecule has 0 unspecified atom stereocenters. The van der Waals surface area contributed by atoms with Crippen LogP contribution in [0.3, 0.4) is 0 Å². The molecule has 0 radical (unpaired) electrons. The second-order valence-corrected chi connectivity index (χ2v) is 3.14. The Kier molecular flexibility index (Phi) is 3.43. The number of hydrogen-bond donors (Lipinski definition) is 2. The molecule has 0 aliphatic heterocycles. The van der Waals surface area contributed by atoms with Crippen LogP contribution in [0, 0.1) is 0 Å². The van der Waals surface area contributed by atoms with Crippen LogP contribution >= 0.6 is 0 Å². The third-order valence-corrected chi connectivity index (χ3v) is 1.23. The average molecular weight is 143 g/mol. The van der Waals surface area contributed by atoms with E-state index in [-0.39, 0.29) is 0 Å². The molecule has 0 spiro atoms. The van der Waals surface area contributed by atoms with Crippen molar-refractivity contribution < 1.29 is 5.11 Å². The summed E-state index contributed by atoms with van der Waals surface area (Å²) in [5.41, 5.74) is 0.478. The Morgan fingerprint density at radius 1 is 1.60 bits per heavy atom. The molecule has 2 nitrogen and oxygen atoms in total. The van der Waals surface area contributed by atoms with Crippen LogP contribution < -0.4 is 5.32 Å². The van der Waals surface area contributed by atoms with Crippen LogP contribution in [0.25, 0.3) is 0 Å². The minimum atomic E-state index is -0.621. The maximum Gasteiger partial charge on any atom is 0.0763 e. The molecule has 10 heavy (non-hydrogen) atoms. The summed E-state index contributed by atoms with van der Waals surface area (Å²) >= 11 is 0. The van der Waals surface area contributed by atoms with E-state index in [1.165, 1.54) is 0 Å². The molecule has 0 atom stereocenters. The molecule has 0 aliphatic carbocycles. The van der Waals surface area contributed by atoms with Gasteiger partial charge < -0.3 is 10.4 Å². The SMILES string of the molecule is C/C=C(/C)NCC(C)(C)O. The summed E-state index contributed by atoms with van der Waals surface area (Å²) in [6, 6.07) is 0. The molecular weight excluding hydrogens is 126 g/mol. The maximum atomic E-state index is 9.27. The van der Waals surface area contributed by atoms with E-state index in [2.05, 4.69) is 5.32 Å². The van der Waals surface area contributed by atoms with E-state index in [4.69, 9.17) is 0 Å². The highest BCUT2D eigenvalue weighted by atomic mass is 16.3. The quantitative estimate of drug-likeness (QED) is 0.623. The van der Waals surface area contributed by atoms with E-state index in [1.54, 1.807) is 13.8 Å². The lowest BCUT2D eigenvalue weighted by molar-refractivity contribution is 0.0826. The normalized spacial score (nSPS) is 13.5. The second-order valence-electron chi connectivity index (χ2n) is 3.14. The van der Waals surface area contributed by atoms with Crippen LogP contribution in [0.5, 0.6) is 0 Å². The van der Waals surface area contributed by atoms with Crippen molar-refractivity contribution in [2.24, 2.45) is 0 Å². The van der Waals surface area contributed by atoms with Gasteiger partial charge in [-0.3, -0.25) is 0 Å².